The summed E-state index contributed by atoms with van der Waals surface area (Å²) < 4.78 is 0. The lowest BCUT2D eigenvalue weighted by molar-refractivity contribution is -0.135. The molecule has 6 nitrogen and oxygen atoms in total. The summed E-state index contributed by atoms with van der Waals surface area (Å²) in [6.07, 6.45) is 1.30. The fourth-order valence-electron chi connectivity index (χ4n) is 3.35. The maximum atomic E-state index is 12.5. The van der Waals surface area contributed by atoms with Gasteiger partial charge < -0.3 is 20.2 Å². The van der Waals surface area contributed by atoms with Gasteiger partial charge in [-0.15, -0.1) is 0 Å². The molecule has 0 unspecified atom stereocenters. The Morgan fingerprint density at radius 3 is 2.39 bits per heavy atom. The van der Waals surface area contributed by atoms with E-state index >= 15 is 0 Å². The number of phenols is 1. The monoisotopic (exact) mass is 379 g/mol. The molecule has 0 bridgehead atoms. The van der Waals surface area contributed by atoms with Gasteiger partial charge in [-0.05, 0) is 41.8 Å². The molecule has 2 N–H and O–H groups in total. The van der Waals surface area contributed by atoms with Crippen LogP contribution in [0.1, 0.15) is 5.56 Å². The van der Waals surface area contributed by atoms with E-state index in [9.17, 15) is 14.7 Å². The van der Waals surface area contributed by atoms with E-state index in [1.807, 2.05) is 43.3 Å². The summed E-state index contributed by atoms with van der Waals surface area (Å²) >= 11 is 0. The number of hydrogen-bond acceptors (Lipinski definition) is 4. The van der Waals surface area contributed by atoms with Gasteiger partial charge in [0.25, 0.3) is 0 Å². The lowest BCUT2D eigenvalue weighted by Crippen LogP contribution is -2.51. The maximum absolute atomic E-state index is 12.5. The smallest absolute Gasteiger partial charge is 0.246 e. The van der Waals surface area contributed by atoms with E-state index in [0.717, 1.165) is 16.7 Å². The molecule has 0 saturated carbocycles. The van der Waals surface area contributed by atoms with Gasteiger partial charge in [0.2, 0.25) is 11.8 Å². The molecule has 28 heavy (non-hydrogen) atoms. The number of phenolic OH excluding ortho intramolecular Hbond substituents is 1. The van der Waals surface area contributed by atoms with Crippen molar-refractivity contribution in [1.82, 2.24) is 9.80 Å². The van der Waals surface area contributed by atoms with Crippen LogP contribution in [0.25, 0.3) is 11.1 Å². The van der Waals surface area contributed by atoms with Crippen molar-refractivity contribution in [2.45, 2.75) is 6.92 Å². The zero-order valence-corrected chi connectivity index (χ0v) is 16.0. The molecule has 3 rings (SSSR count). The van der Waals surface area contributed by atoms with Crippen molar-refractivity contribution >= 4 is 17.5 Å². The van der Waals surface area contributed by atoms with Crippen molar-refractivity contribution < 1.29 is 14.7 Å². The van der Waals surface area contributed by atoms with Crippen molar-refractivity contribution in [3.05, 3.63) is 60.7 Å². The topological polar surface area (TPSA) is 72.9 Å². The van der Waals surface area contributed by atoms with Gasteiger partial charge in [-0.25, -0.2) is 0 Å². The Kier molecular flexibility index (Phi) is 5.99. The third-order valence-corrected chi connectivity index (χ3v) is 4.98. The third-order valence-electron chi connectivity index (χ3n) is 4.98. The second-order valence-corrected chi connectivity index (χ2v) is 6.81. The lowest BCUT2D eigenvalue weighted by Gasteiger charge is -2.34. The predicted octanol–water partition coefficient (Wildman–Crippen LogP) is 2.64. The standard InChI is InChI=1S/C22H25N3O3/c1-3-21(27)24-9-11-25(12-10-24)22(28)15-23-19-14-18(16(2)13-20(19)26)17-7-5-4-6-8-17/h3-8,13-14,23,26H,1,9-12,15H2,2H3. The van der Waals surface area contributed by atoms with Crippen molar-refractivity contribution in [2.24, 2.45) is 0 Å². The van der Waals surface area contributed by atoms with Crippen LogP contribution >= 0.6 is 0 Å². The fourth-order valence-corrected chi connectivity index (χ4v) is 3.35. The average molecular weight is 379 g/mol. The van der Waals surface area contributed by atoms with Gasteiger partial charge in [0.15, 0.2) is 0 Å². The zero-order valence-electron chi connectivity index (χ0n) is 16.0. The number of nitrogens with one attached hydrogen (secondary N) is 1. The number of benzene rings is 2. The quantitative estimate of drug-likeness (QED) is 0.619. The van der Waals surface area contributed by atoms with Gasteiger partial charge in [0.05, 0.1) is 12.2 Å². The molecular weight excluding hydrogens is 354 g/mol. The summed E-state index contributed by atoms with van der Waals surface area (Å²) in [6, 6.07) is 13.5. The van der Waals surface area contributed by atoms with E-state index in [2.05, 4.69) is 11.9 Å². The molecule has 6 heteroatoms. The van der Waals surface area contributed by atoms with Crippen molar-refractivity contribution in [3.63, 3.8) is 0 Å². The molecule has 1 heterocycles. The highest BCUT2D eigenvalue weighted by atomic mass is 16.3. The first-order valence-corrected chi connectivity index (χ1v) is 9.31. The number of piperazine rings is 1. The molecule has 146 valence electrons. The van der Waals surface area contributed by atoms with Crippen molar-refractivity contribution in [1.29, 1.82) is 0 Å². The molecule has 0 atom stereocenters. The first-order chi connectivity index (χ1) is 13.5. The van der Waals surface area contributed by atoms with Crippen LogP contribution < -0.4 is 5.32 Å². The largest absolute Gasteiger partial charge is 0.506 e. The van der Waals surface area contributed by atoms with Gasteiger partial charge in [-0.2, -0.15) is 0 Å². The van der Waals surface area contributed by atoms with Crippen LogP contribution in [-0.2, 0) is 9.59 Å². The summed E-state index contributed by atoms with van der Waals surface area (Å²) in [4.78, 5) is 27.5. The molecule has 0 radical (unpaired) electrons. The normalized spacial score (nSPS) is 13.9. The number of carbonyl (C=O) groups excluding carboxylic acids is 2. The van der Waals surface area contributed by atoms with Crippen LogP contribution in [0, 0.1) is 6.92 Å². The van der Waals surface area contributed by atoms with E-state index in [-0.39, 0.29) is 24.1 Å². The summed E-state index contributed by atoms with van der Waals surface area (Å²) in [5.74, 6) is -0.0541. The molecule has 2 aromatic carbocycles. The highest BCUT2D eigenvalue weighted by molar-refractivity contribution is 5.87. The number of nitrogens with zero attached hydrogens (tertiary/aromatic N) is 2. The SMILES string of the molecule is C=CC(=O)N1CCN(C(=O)CNc2cc(-c3ccccc3)c(C)cc2O)CC1. The number of rotatable bonds is 5. The molecule has 0 aromatic heterocycles. The van der Waals surface area contributed by atoms with Crippen molar-refractivity contribution in [3.8, 4) is 16.9 Å². The predicted molar refractivity (Wildman–Crippen MR) is 110 cm³/mol. The number of hydrogen-bond donors (Lipinski definition) is 2. The molecule has 1 fully saturated rings. The van der Waals surface area contributed by atoms with E-state index in [1.54, 1.807) is 15.9 Å². The summed E-state index contributed by atoms with van der Waals surface area (Å²) in [5.41, 5.74) is 3.55. The van der Waals surface area contributed by atoms with E-state index in [0.29, 0.717) is 31.9 Å². The second-order valence-electron chi connectivity index (χ2n) is 6.81. The Morgan fingerprint density at radius 1 is 1.11 bits per heavy atom. The Balaban J connectivity index is 1.64. The number of anilines is 1. The molecule has 1 aliphatic rings. The molecule has 0 aliphatic carbocycles. The highest BCUT2D eigenvalue weighted by Crippen LogP contribution is 2.33. The minimum Gasteiger partial charge on any atom is -0.506 e. The summed E-state index contributed by atoms with van der Waals surface area (Å²) in [5, 5.41) is 13.3. The molecule has 2 aromatic rings. The molecule has 0 spiro atoms. The van der Waals surface area contributed by atoms with Gasteiger partial charge >= 0.3 is 0 Å². The molecule has 1 saturated heterocycles. The van der Waals surface area contributed by atoms with Crippen LogP contribution in [-0.4, -0.2) is 59.4 Å². The summed E-state index contributed by atoms with van der Waals surface area (Å²) in [6.45, 7) is 7.52. The highest BCUT2D eigenvalue weighted by Gasteiger charge is 2.22. The minimum absolute atomic E-state index is 0.0630. The van der Waals surface area contributed by atoms with Crippen molar-refractivity contribution in [2.75, 3.05) is 38.0 Å². The van der Waals surface area contributed by atoms with Gasteiger partial charge in [0, 0.05) is 26.2 Å². The van der Waals surface area contributed by atoms with Crippen LogP contribution in [0.4, 0.5) is 5.69 Å². The zero-order chi connectivity index (χ0) is 20.1. The number of amides is 2. The number of aryl methyl sites for hydroxylation is 1. The van der Waals surface area contributed by atoms with Gasteiger partial charge in [-0.3, -0.25) is 9.59 Å². The van der Waals surface area contributed by atoms with Crippen LogP contribution in [0.2, 0.25) is 0 Å². The van der Waals surface area contributed by atoms with Crippen LogP contribution in [0.3, 0.4) is 0 Å². The average Bonchev–Trinajstić information content (AvgIpc) is 2.73. The van der Waals surface area contributed by atoms with Crippen LogP contribution in [0.15, 0.2) is 55.1 Å². The molecular formula is C22H25N3O3. The third kappa shape index (κ3) is 4.34. The number of aromatic hydroxyl groups is 1. The Labute approximate surface area is 165 Å². The van der Waals surface area contributed by atoms with Gasteiger partial charge in [-0.1, -0.05) is 36.9 Å². The second kappa shape index (κ2) is 8.61. The number of carbonyl (C=O) groups is 2. The van der Waals surface area contributed by atoms with E-state index in [1.165, 1.54) is 6.08 Å². The Bertz CT molecular complexity index is 872. The first kappa shape index (κ1) is 19.5. The van der Waals surface area contributed by atoms with E-state index in [4.69, 9.17) is 0 Å². The Hall–Kier alpha value is -3.28. The summed E-state index contributed by atoms with van der Waals surface area (Å²) in [7, 11) is 0. The van der Waals surface area contributed by atoms with E-state index < -0.39 is 0 Å². The minimum atomic E-state index is -0.108. The lowest BCUT2D eigenvalue weighted by atomic mass is 9.99. The molecule has 1 aliphatic heterocycles. The maximum Gasteiger partial charge on any atom is 0.246 e. The van der Waals surface area contributed by atoms with Crippen LogP contribution in [0.5, 0.6) is 5.75 Å². The molecule has 2 amide bonds. The first-order valence-electron chi connectivity index (χ1n) is 9.31. The Morgan fingerprint density at radius 2 is 1.75 bits per heavy atom. The van der Waals surface area contributed by atoms with Gasteiger partial charge in [0.1, 0.15) is 5.75 Å². The fraction of sp³-hybridized carbons (Fsp3) is 0.273.